The lowest BCUT2D eigenvalue weighted by molar-refractivity contribution is -0.128. The van der Waals surface area contributed by atoms with E-state index in [0.29, 0.717) is 25.4 Å². The van der Waals surface area contributed by atoms with Gasteiger partial charge in [-0.2, -0.15) is 0 Å². The molecule has 3 fully saturated rings. The Balaban J connectivity index is 1.37. The van der Waals surface area contributed by atoms with Gasteiger partial charge >= 0.3 is 0 Å². The van der Waals surface area contributed by atoms with Crippen LogP contribution in [0.15, 0.2) is 24.3 Å². The van der Waals surface area contributed by atoms with Crippen LogP contribution >= 0.6 is 0 Å². The van der Waals surface area contributed by atoms with Crippen molar-refractivity contribution in [3.63, 3.8) is 0 Å². The first kappa shape index (κ1) is 19.5. The molecule has 29 heavy (non-hydrogen) atoms. The van der Waals surface area contributed by atoms with Gasteiger partial charge in [-0.05, 0) is 60.6 Å². The summed E-state index contributed by atoms with van der Waals surface area (Å²) in [6.07, 6.45) is 8.39. The zero-order valence-corrected chi connectivity index (χ0v) is 18.5. The second kappa shape index (κ2) is 6.04. The number of aryl methyl sites for hydroxylation is 1. The van der Waals surface area contributed by atoms with Crippen LogP contribution in [0.1, 0.15) is 62.6 Å². The summed E-state index contributed by atoms with van der Waals surface area (Å²) < 4.78 is 28.5. The zero-order valence-electron chi connectivity index (χ0n) is 17.7. The van der Waals surface area contributed by atoms with Crippen molar-refractivity contribution in [3.8, 4) is 0 Å². The first-order valence-electron chi connectivity index (χ1n) is 10.9. The van der Waals surface area contributed by atoms with Crippen LogP contribution < -0.4 is 0 Å². The molecular formula is C24H31NO3S. The average molecular weight is 414 g/mol. The van der Waals surface area contributed by atoms with Gasteiger partial charge in [0.1, 0.15) is 5.78 Å². The lowest BCUT2D eigenvalue weighted by Crippen LogP contribution is -2.50. The molecule has 4 aliphatic rings. The van der Waals surface area contributed by atoms with Crippen molar-refractivity contribution < 1.29 is 13.2 Å². The average Bonchev–Trinajstić information content (AvgIpc) is 3.19. The van der Waals surface area contributed by atoms with Gasteiger partial charge in [-0.3, -0.25) is 4.79 Å². The number of fused-ring (bicyclic) bond motifs is 4. The number of hydrogen-bond acceptors (Lipinski definition) is 3. The molecule has 3 aliphatic carbocycles. The van der Waals surface area contributed by atoms with Crippen LogP contribution in [0.25, 0.3) is 6.08 Å². The van der Waals surface area contributed by atoms with Gasteiger partial charge in [-0.1, -0.05) is 44.2 Å². The van der Waals surface area contributed by atoms with E-state index < -0.39 is 15.4 Å². The molecule has 2 atom stereocenters. The molecule has 1 unspecified atom stereocenters. The minimum atomic E-state index is -3.46. The summed E-state index contributed by atoms with van der Waals surface area (Å²) in [7, 11) is -3.46. The standard InChI is InChI=1S/C24H31NO3S/c1-17-5-4-6-18-7-9-23(21(17)18)11-13-25(14-12-23)29(27,28)16-24-10-8-19(15-20(24)26)22(24,2)3/h4-7,9,19H,8,10-16H2,1-3H3/t19?,24-/m1/s1. The maximum Gasteiger partial charge on any atom is 0.215 e. The largest absolute Gasteiger partial charge is 0.299 e. The van der Waals surface area contributed by atoms with E-state index in [1.54, 1.807) is 4.31 Å². The van der Waals surface area contributed by atoms with Crippen LogP contribution in [0, 0.1) is 23.7 Å². The molecule has 4 nitrogen and oxygen atoms in total. The van der Waals surface area contributed by atoms with E-state index in [2.05, 4.69) is 51.1 Å². The molecule has 5 rings (SSSR count). The van der Waals surface area contributed by atoms with Crippen molar-refractivity contribution in [2.45, 2.75) is 58.3 Å². The van der Waals surface area contributed by atoms with Gasteiger partial charge in [0.05, 0.1) is 5.75 Å². The van der Waals surface area contributed by atoms with E-state index in [1.807, 2.05) is 0 Å². The molecule has 0 aromatic heterocycles. The predicted octanol–water partition coefficient (Wildman–Crippen LogP) is 4.08. The number of piperidine rings is 1. The van der Waals surface area contributed by atoms with Gasteiger partial charge in [0.25, 0.3) is 0 Å². The van der Waals surface area contributed by atoms with E-state index in [4.69, 9.17) is 0 Å². The summed E-state index contributed by atoms with van der Waals surface area (Å²) in [5.41, 5.74) is 3.02. The Morgan fingerprint density at radius 1 is 1.14 bits per heavy atom. The molecule has 0 radical (unpaired) electrons. The van der Waals surface area contributed by atoms with Gasteiger partial charge in [-0.25, -0.2) is 12.7 Å². The van der Waals surface area contributed by atoms with Crippen molar-refractivity contribution in [1.82, 2.24) is 4.31 Å². The van der Waals surface area contributed by atoms with Crippen molar-refractivity contribution >= 4 is 21.9 Å². The third kappa shape index (κ3) is 2.53. The number of benzene rings is 1. The number of Topliss-reactive ketones (excluding diaryl/α,β-unsaturated/α-hetero) is 1. The van der Waals surface area contributed by atoms with E-state index in [-0.39, 0.29) is 22.4 Å². The van der Waals surface area contributed by atoms with Crippen LogP contribution in [0.3, 0.4) is 0 Å². The lowest BCUT2D eigenvalue weighted by atomic mass is 9.70. The summed E-state index contributed by atoms with van der Waals surface area (Å²) in [5, 5.41) is 0. The fourth-order valence-corrected chi connectivity index (χ4v) is 9.15. The number of ketones is 1. The third-order valence-corrected chi connectivity index (χ3v) is 11.0. The highest BCUT2D eigenvalue weighted by Gasteiger charge is 2.65. The maximum absolute atomic E-state index is 13.4. The maximum atomic E-state index is 13.4. The topological polar surface area (TPSA) is 54.5 Å². The molecule has 1 saturated heterocycles. The van der Waals surface area contributed by atoms with Crippen molar-refractivity contribution in [2.75, 3.05) is 18.8 Å². The second-order valence-electron chi connectivity index (χ2n) is 10.4. The van der Waals surface area contributed by atoms with Gasteiger partial charge in [0, 0.05) is 30.3 Å². The van der Waals surface area contributed by atoms with Crippen molar-refractivity contribution in [1.29, 1.82) is 0 Å². The summed E-state index contributed by atoms with van der Waals surface area (Å²) in [6, 6.07) is 6.39. The van der Waals surface area contributed by atoms with Crippen LogP contribution in [0.5, 0.6) is 0 Å². The molecular weight excluding hydrogens is 382 g/mol. The second-order valence-corrected chi connectivity index (χ2v) is 12.3. The van der Waals surface area contributed by atoms with E-state index in [9.17, 15) is 13.2 Å². The summed E-state index contributed by atoms with van der Waals surface area (Å²) in [6.45, 7) is 7.45. The Morgan fingerprint density at radius 3 is 2.48 bits per heavy atom. The molecule has 5 heteroatoms. The Labute approximate surface area is 174 Å². The van der Waals surface area contributed by atoms with E-state index in [0.717, 1.165) is 25.7 Å². The molecule has 1 aromatic carbocycles. The lowest BCUT2D eigenvalue weighted by Gasteiger charge is -2.42. The molecule has 1 aliphatic heterocycles. The zero-order chi connectivity index (χ0) is 20.7. The minimum absolute atomic E-state index is 0.000781. The monoisotopic (exact) mass is 413 g/mol. The minimum Gasteiger partial charge on any atom is -0.299 e. The fraction of sp³-hybridized carbons (Fsp3) is 0.625. The molecule has 0 amide bonds. The highest BCUT2D eigenvalue weighted by atomic mass is 32.2. The Bertz CT molecular complexity index is 1010. The van der Waals surface area contributed by atoms with Crippen molar-refractivity contribution in [2.24, 2.45) is 16.7 Å². The van der Waals surface area contributed by atoms with Gasteiger partial charge < -0.3 is 0 Å². The van der Waals surface area contributed by atoms with Crippen molar-refractivity contribution in [3.05, 3.63) is 41.0 Å². The van der Waals surface area contributed by atoms with Gasteiger partial charge in [0.2, 0.25) is 10.0 Å². The highest BCUT2D eigenvalue weighted by Crippen LogP contribution is 2.64. The highest BCUT2D eigenvalue weighted by molar-refractivity contribution is 7.89. The first-order valence-corrected chi connectivity index (χ1v) is 12.5. The van der Waals surface area contributed by atoms with Crippen LogP contribution in [0.2, 0.25) is 0 Å². The summed E-state index contributed by atoms with van der Waals surface area (Å²) >= 11 is 0. The molecule has 1 heterocycles. The number of carbonyl (C=O) groups is 1. The van der Waals surface area contributed by atoms with Gasteiger partial charge in [0.15, 0.2) is 0 Å². The number of allylic oxidation sites excluding steroid dienone is 1. The predicted molar refractivity (Wildman–Crippen MR) is 115 cm³/mol. The summed E-state index contributed by atoms with van der Waals surface area (Å²) in [5.74, 6) is 0.526. The number of nitrogens with zero attached hydrogens (tertiary/aromatic N) is 1. The van der Waals surface area contributed by atoms with Crippen LogP contribution in [-0.2, 0) is 20.2 Å². The first-order chi connectivity index (χ1) is 13.6. The number of rotatable bonds is 3. The molecule has 2 bridgehead atoms. The van der Waals surface area contributed by atoms with Crippen LogP contribution in [0.4, 0.5) is 0 Å². The molecule has 0 N–H and O–H groups in total. The number of carbonyl (C=O) groups excluding carboxylic acids is 1. The normalized spacial score (nSPS) is 32.2. The van der Waals surface area contributed by atoms with Crippen LogP contribution in [-0.4, -0.2) is 37.3 Å². The fourth-order valence-electron chi connectivity index (χ4n) is 6.93. The summed E-state index contributed by atoms with van der Waals surface area (Å²) in [4.78, 5) is 12.8. The Kier molecular flexibility index (Phi) is 4.06. The van der Waals surface area contributed by atoms with Gasteiger partial charge in [-0.15, -0.1) is 0 Å². The third-order valence-electron chi connectivity index (χ3n) is 8.96. The van der Waals surface area contributed by atoms with E-state index in [1.165, 1.54) is 16.7 Å². The number of hydrogen-bond donors (Lipinski definition) is 0. The Morgan fingerprint density at radius 2 is 1.86 bits per heavy atom. The SMILES string of the molecule is Cc1cccc2c1C1(C=C2)CCN(S(=O)(=O)C[C@]23CCC(CC2=O)C3(C)C)CC1. The quantitative estimate of drug-likeness (QED) is 0.750. The van der Waals surface area contributed by atoms with E-state index >= 15 is 0 Å². The molecule has 1 spiro atoms. The molecule has 2 saturated carbocycles. The molecule has 1 aromatic rings. The Hall–Kier alpha value is -1.46. The number of sulfonamides is 1. The molecule has 156 valence electrons. The smallest absolute Gasteiger partial charge is 0.215 e.